The van der Waals surface area contributed by atoms with Crippen LogP contribution in [-0.2, 0) is 15.1 Å². The minimum absolute atomic E-state index is 0. The van der Waals surface area contributed by atoms with Gasteiger partial charge in [-0.05, 0) is 39.7 Å². The van der Waals surface area contributed by atoms with Crippen molar-refractivity contribution >= 4 is 0 Å². The molecule has 0 saturated carbocycles. The van der Waals surface area contributed by atoms with Crippen molar-refractivity contribution in [1.82, 2.24) is 0 Å². The molecule has 1 aromatic carbocycles. The van der Waals surface area contributed by atoms with E-state index < -0.39 is 39.9 Å². The molecule has 3 rings (SSSR count). The van der Waals surface area contributed by atoms with Crippen LogP contribution >= 0.6 is 0 Å². The minimum atomic E-state index is -4.89. The maximum Gasteiger partial charge on any atom is 0.436 e. The van der Waals surface area contributed by atoms with Gasteiger partial charge < -0.3 is 9.47 Å². The third kappa shape index (κ3) is 8.24. The maximum atomic E-state index is 13.8. The molecule has 0 N–H and O–H groups in total. The van der Waals surface area contributed by atoms with Gasteiger partial charge in [-0.25, -0.2) is 0 Å². The van der Waals surface area contributed by atoms with Gasteiger partial charge in [-0.1, -0.05) is 50.8 Å². The third-order valence-electron chi connectivity index (χ3n) is 6.60. The van der Waals surface area contributed by atoms with Crippen LogP contribution in [0.3, 0.4) is 0 Å². The van der Waals surface area contributed by atoms with Crippen molar-refractivity contribution in [3.63, 3.8) is 0 Å². The Morgan fingerprint density at radius 2 is 1.15 bits per heavy atom. The molecular weight excluding hydrogens is 609 g/mol. The zero-order valence-electron chi connectivity index (χ0n) is 25.2. The largest absolute Gasteiger partial charge is 0.480 e. The molecule has 1 atom stereocenters. The van der Waals surface area contributed by atoms with Gasteiger partial charge in [0.2, 0.25) is 0 Å². The molecule has 0 radical (unpaired) electrons. The van der Waals surface area contributed by atoms with Crippen LogP contribution in [0.25, 0.3) is 0 Å². The van der Waals surface area contributed by atoms with Crippen LogP contribution < -0.4 is 0 Å². The molecule has 1 unspecified atom stereocenters. The smallest absolute Gasteiger partial charge is 0.436 e. The molecule has 0 spiro atoms. The first-order chi connectivity index (χ1) is 21.6. The highest BCUT2D eigenvalue weighted by Crippen LogP contribution is 2.55. The van der Waals surface area contributed by atoms with Gasteiger partial charge in [-0.3, -0.25) is 0 Å². The highest BCUT2D eigenvalue weighted by atomic mass is 19.4. The van der Waals surface area contributed by atoms with E-state index >= 15 is 0 Å². The van der Waals surface area contributed by atoms with Gasteiger partial charge >= 0.3 is 6.18 Å². The highest BCUT2D eigenvalue weighted by Gasteiger charge is 2.64. The van der Waals surface area contributed by atoms with Gasteiger partial charge in [0.15, 0.2) is 22.7 Å². The summed E-state index contributed by atoms with van der Waals surface area (Å²) in [5, 5.41) is 69.6. The zero-order valence-corrected chi connectivity index (χ0v) is 25.2. The average Bonchev–Trinajstić information content (AvgIpc) is 3.47. The molecule has 0 amide bonds. The Morgan fingerprint density at radius 1 is 0.723 bits per heavy atom. The third-order valence-corrected chi connectivity index (χ3v) is 6.60. The fraction of sp³-hybridized carbons (Fsp3) is 0.294. The predicted molar refractivity (Wildman–Crippen MR) is 160 cm³/mol. The summed E-state index contributed by atoms with van der Waals surface area (Å²) in [5.74, 6) is -0.541. The van der Waals surface area contributed by atoms with Crippen LogP contribution in [0, 0.1) is 90.6 Å². The normalized spacial score (nSPS) is 16.6. The number of hydrogen-bond acceptors (Lipinski definition) is 10. The summed E-state index contributed by atoms with van der Waals surface area (Å²) in [7, 11) is 0. The minimum Gasteiger partial charge on any atom is -0.480 e. The molecular formula is C34H27F3N8O2. The first-order valence-corrected chi connectivity index (χ1v) is 13.0. The molecule has 1 aromatic rings. The van der Waals surface area contributed by atoms with E-state index in [1.165, 1.54) is 36.4 Å². The van der Waals surface area contributed by atoms with E-state index in [-0.39, 0.29) is 35.5 Å². The molecule has 0 aromatic heterocycles. The monoisotopic (exact) mass is 636 g/mol. The molecule has 0 fully saturated rings. The molecule has 2 heterocycles. The second-order valence-corrected chi connectivity index (χ2v) is 9.59. The summed E-state index contributed by atoms with van der Waals surface area (Å²) < 4.78 is 52.1. The quantitative estimate of drug-likeness (QED) is 0.291. The Kier molecular flexibility index (Phi) is 14.5. The van der Waals surface area contributed by atoms with E-state index in [2.05, 4.69) is 0 Å². The van der Waals surface area contributed by atoms with Crippen molar-refractivity contribution in [2.24, 2.45) is 0 Å². The molecule has 10 nitrogen and oxygen atoms in total. The fourth-order valence-electron chi connectivity index (χ4n) is 4.06. The molecule has 0 aliphatic carbocycles. The maximum absolute atomic E-state index is 13.8. The van der Waals surface area contributed by atoms with Crippen molar-refractivity contribution in [3.05, 3.63) is 92.5 Å². The van der Waals surface area contributed by atoms with Crippen molar-refractivity contribution in [1.29, 1.82) is 42.1 Å². The molecule has 0 saturated heterocycles. The lowest BCUT2D eigenvalue weighted by Crippen LogP contribution is -2.43. The van der Waals surface area contributed by atoms with Gasteiger partial charge in [0.25, 0.3) is 5.60 Å². The number of hydrogen-bond donors (Lipinski definition) is 0. The first kappa shape index (κ1) is 40.2. The number of alkyl halides is 3. The topological polar surface area (TPSA) is 209 Å². The van der Waals surface area contributed by atoms with Crippen LogP contribution in [0.5, 0.6) is 0 Å². The number of nitriles is 8. The highest BCUT2D eigenvalue weighted by molar-refractivity contribution is 5.60. The van der Waals surface area contributed by atoms with Crippen LogP contribution in [0.4, 0.5) is 13.2 Å². The Hall–Kier alpha value is -6.77. The van der Waals surface area contributed by atoms with E-state index in [0.717, 1.165) is 18.9 Å². The molecule has 236 valence electrons. The second kappa shape index (κ2) is 16.9. The standard InChI is InChI=1S/C16H8F3N3O.C11H9N3O.C6H6N2.CH4/c1-10-13(9-22)14(11(7-20)8-21)23-15(10,16(17,18)19)12-5-3-2-4-6-12;1-7-9(6-14)10(8(4-12)5-13)15-11(7,2)3;1-2-3-6(4-7)5-8;/h2-6H,1H3;1-3H3;3H,2H2,1H3;1H4. The lowest BCUT2D eigenvalue weighted by atomic mass is 9.85. The predicted octanol–water partition coefficient (Wildman–Crippen LogP) is 7.56. The van der Waals surface area contributed by atoms with E-state index in [4.69, 9.17) is 46.3 Å². The second-order valence-electron chi connectivity index (χ2n) is 9.59. The number of halogens is 3. The van der Waals surface area contributed by atoms with Gasteiger partial charge in [-0.2, -0.15) is 55.3 Å². The van der Waals surface area contributed by atoms with Crippen molar-refractivity contribution < 1.29 is 22.6 Å². The summed E-state index contributed by atoms with van der Waals surface area (Å²) in [6, 6.07) is 20.2. The molecule has 0 bridgehead atoms. The summed E-state index contributed by atoms with van der Waals surface area (Å²) in [4.78, 5) is 0. The van der Waals surface area contributed by atoms with Crippen LogP contribution in [0.15, 0.2) is 86.9 Å². The van der Waals surface area contributed by atoms with Crippen molar-refractivity contribution in [3.8, 4) is 48.6 Å². The number of benzene rings is 1. The summed E-state index contributed by atoms with van der Waals surface area (Å²) in [6.45, 7) is 8.34. The van der Waals surface area contributed by atoms with Gasteiger partial charge in [0.05, 0.1) is 11.1 Å². The van der Waals surface area contributed by atoms with E-state index in [0.29, 0.717) is 0 Å². The molecule has 2 aliphatic heterocycles. The zero-order chi connectivity index (χ0) is 35.3. The van der Waals surface area contributed by atoms with E-state index in [1.54, 1.807) is 63.3 Å². The fourth-order valence-corrected chi connectivity index (χ4v) is 4.06. The molecule has 13 heteroatoms. The van der Waals surface area contributed by atoms with Gasteiger partial charge in [0.1, 0.15) is 59.7 Å². The van der Waals surface area contributed by atoms with Crippen LogP contribution in [0.1, 0.15) is 54.0 Å². The number of ether oxygens (including phenoxy) is 2. The Labute approximate surface area is 271 Å². The summed E-state index contributed by atoms with van der Waals surface area (Å²) >= 11 is 0. The lowest BCUT2D eigenvalue weighted by molar-refractivity contribution is -0.250. The van der Waals surface area contributed by atoms with E-state index in [9.17, 15) is 18.4 Å². The Balaban J connectivity index is 0.000000758. The Morgan fingerprint density at radius 3 is 1.49 bits per heavy atom. The van der Waals surface area contributed by atoms with Crippen LogP contribution in [0.2, 0.25) is 0 Å². The number of rotatable bonds is 2. The van der Waals surface area contributed by atoms with Crippen LogP contribution in [-0.4, -0.2) is 11.8 Å². The molecule has 2 aliphatic rings. The summed E-state index contributed by atoms with van der Waals surface area (Å²) in [5.41, 5.74) is -4.22. The average molecular weight is 637 g/mol. The lowest BCUT2D eigenvalue weighted by Gasteiger charge is -2.33. The first-order valence-electron chi connectivity index (χ1n) is 13.0. The van der Waals surface area contributed by atoms with Crippen molar-refractivity contribution in [2.75, 3.05) is 0 Å². The number of allylic oxidation sites excluding steroid dienone is 6. The van der Waals surface area contributed by atoms with Crippen molar-refractivity contribution in [2.45, 2.75) is 65.8 Å². The Bertz CT molecular complexity index is 1850. The van der Waals surface area contributed by atoms with Gasteiger partial charge in [0, 0.05) is 11.1 Å². The number of nitrogens with zero attached hydrogens (tertiary/aromatic N) is 8. The molecule has 47 heavy (non-hydrogen) atoms. The summed E-state index contributed by atoms with van der Waals surface area (Å²) in [6.07, 6.45) is -2.55. The SMILES string of the molecule is C.CC1=C(C#N)C(=C(C#N)C#N)OC1(C)C.CC1=C(C#N)C(=C(C#N)C#N)OC1(c1ccccc1)C(F)(F)F.CCC=C(C#N)C#N. The van der Waals surface area contributed by atoms with Gasteiger partial charge in [-0.15, -0.1) is 0 Å². The van der Waals surface area contributed by atoms with E-state index in [1.807, 2.05) is 13.0 Å².